The van der Waals surface area contributed by atoms with Crippen molar-refractivity contribution in [3.05, 3.63) is 41.5 Å². The van der Waals surface area contributed by atoms with Crippen molar-refractivity contribution in [1.82, 2.24) is 0 Å². The summed E-state index contributed by atoms with van der Waals surface area (Å²) >= 11 is 0. The molecular formula is C22H32O4S. The highest BCUT2D eigenvalue weighted by molar-refractivity contribution is 7.92. The van der Waals surface area contributed by atoms with Crippen molar-refractivity contribution in [3.63, 3.8) is 0 Å². The number of rotatable bonds is 9. The van der Waals surface area contributed by atoms with Crippen LogP contribution in [-0.2, 0) is 14.6 Å². The lowest BCUT2D eigenvalue weighted by atomic mass is 9.71. The van der Waals surface area contributed by atoms with Gasteiger partial charge in [0.25, 0.3) is 0 Å². The van der Waals surface area contributed by atoms with E-state index >= 15 is 0 Å². The molecule has 4 nitrogen and oxygen atoms in total. The fourth-order valence-electron chi connectivity index (χ4n) is 4.36. The Morgan fingerprint density at radius 2 is 1.81 bits per heavy atom. The van der Waals surface area contributed by atoms with E-state index in [1.165, 1.54) is 5.57 Å². The molecule has 1 atom stereocenters. The zero-order chi connectivity index (χ0) is 20.1. The van der Waals surface area contributed by atoms with Gasteiger partial charge >= 0.3 is 5.97 Å². The van der Waals surface area contributed by atoms with Gasteiger partial charge in [-0.15, -0.1) is 0 Å². The summed E-state index contributed by atoms with van der Waals surface area (Å²) in [5.74, 6) is -0.796. The summed E-state index contributed by atoms with van der Waals surface area (Å²) in [5, 5.41) is 8.28. The predicted octanol–water partition coefficient (Wildman–Crippen LogP) is 5.39. The SMILES string of the molecule is CC1=C(C(CCCCCC(=O)O)S(=O)(=O)c2ccccc2)C(C)(C)CCC1. The van der Waals surface area contributed by atoms with Gasteiger partial charge in [-0.25, -0.2) is 8.42 Å². The molecule has 0 heterocycles. The largest absolute Gasteiger partial charge is 0.481 e. The first-order valence-corrected chi connectivity index (χ1v) is 11.4. The van der Waals surface area contributed by atoms with E-state index in [1.807, 2.05) is 6.07 Å². The zero-order valence-electron chi connectivity index (χ0n) is 16.7. The molecule has 0 amide bonds. The first-order valence-electron chi connectivity index (χ1n) is 9.87. The van der Waals surface area contributed by atoms with Crippen molar-refractivity contribution in [2.45, 2.75) is 82.3 Å². The minimum atomic E-state index is -3.48. The number of benzene rings is 1. The highest BCUT2D eigenvalue weighted by Crippen LogP contribution is 2.45. The molecule has 150 valence electrons. The molecule has 1 aliphatic rings. The second-order valence-electron chi connectivity index (χ2n) is 8.27. The van der Waals surface area contributed by atoms with Gasteiger partial charge in [-0.1, -0.05) is 50.5 Å². The first kappa shape index (κ1) is 21.7. The van der Waals surface area contributed by atoms with E-state index in [-0.39, 0.29) is 11.8 Å². The molecular weight excluding hydrogens is 360 g/mol. The van der Waals surface area contributed by atoms with Crippen LogP contribution in [0.3, 0.4) is 0 Å². The molecule has 1 N–H and O–H groups in total. The molecule has 27 heavy (non-hydrogen) atoms. The Balaban J connectivity index is 2.33. The van der Waals surface area contributed by atoms with Crippen LogP contribution in [0.15, 0.2) is 46.4 Å². The molecule has 0 saturated carbocycles. The van der Waals surface area contributed by atoms with E-state index < -0.39 is 21.1 Å². The Morgan fingerprint density at radius 1 is 1.15 bits per heavy atom. The van der Waals surface area contributed by atoms with Crippen molar-refractivity contribution in [1.29, 1.82) is 0 Å². The topological polar surface area (TPSA) is 71.4 Å². The number of unbranched alkanes of at least 4 members (excludes halogenated alkanes) is 2. The maximum Gasteiger partial charge on any atom is 0.303 e. The second-order valence-corrected chi connectivity index (χ2v) is 10.4. The molecule has 1 aromatic carbocycles. The minimum Gasteiger partial charge on any atom is -0.481 e. The first-order chi connectivity index (χ1) is 12.7. The molecule has 0 spiro atoms. The van der Waals surface area contributed by atoms with Crippen LogP contribution in [0.5, 0.6) is 0 Å². The van der Waals surface area contributed by atoms with Gasteiger partial charge in [0, 0.05) is 6.42 Å². The Kier molecular flexibility index (Phi) is 7.26. The third-order valence-corrected chi connectivity index (χ3v) is 7.82. The van der Waals surface area contributed by atoms with Crippen LogP contribution in [0.4, 0.5) is 0 Å². The summed E-state index contributed by atoms with van der Waals surface area (Å²) in [6.45, 7) is 6.39. The lowest BCUT2D eigenvalue weighted by Crippen LogP contribution is -2.34. The van der Waals surface area contributed by atoms with Crippen LogP contribution in [0.2, 0.25) is 0 Å². The molecule has 0 saturated heterocycles. The smallest absolute Gasteiger partial charge is 0.303 e. The third-order valence-electron chi connectivity index (χ3n) is 5.67. The van der Waals surface area contributed by atoms with Gasteiger partial charge in [0.15, 0.2) is 9.84 Å². The molecule has 0 aliphatic heterocycles. The van der Waals surface area contributed by atoms with Gasteiger partial charge in [0.05, 0.1) is 10.1 Å². The van der Waals surface area contributed by atoms with E-state index in [0.717, 1.165) is 37.7 Å². The second kappa shape index (κ2) is 9.05. The average Bonchev–Trinajstić information content (AvgIpc) is 2.59. The van der Waals surface area contributed by atoms with Gasteiger partial charge in [-0.05, 0) is 62.1 Å². The standard InChI is InChI=1S/C22H32O4S/c1-17-11-10-16-22(2,3)21(17)19(14-8-5-9-15-20(23)24)27(25,26)18-12-6-4-7-13-18/h4,6-7,12-13,19H,5,8-11,14-16H2,1-3H3,(H,23,24). The molecule has 0 bridgehead atoms. The summed E-state index contributed by atoms with van der Waals surface area (Å²) in [6.07, 6.45) is 5.79. The fraction of sp³-hybridized carbons (Fsp3) is 0.591. The number of allylic oxidation sites excluding steroid dienone is 1. The Labute approximate surface area is 163 Å². The van der Waals surface area contributed by atoms with E-state index in [1.54, 1.807) is 24.3 Å². The van der Waals surface area contributed by atoms with Crippen LogP contribution in [0, 0.1) is 5.41 Å². The zero-order valence-corrected chi connectivity index (χ0v) is 17.5. The lowest BCUT2D eigenvalue weighted by Gasteiger charge is -2.39. The van der Waals surface area contributed by atoms with E-state index in [4.69, 9.17) is 5.11 Å². The molecule has 1 aliphatic carbocycles. The molecule has 5 heteroatoms. The van der Waals surface area contributed by atoms with E-state index in [2.05, 4.69) is 20.8 Å². The predicted molar refractivity (Wildman–Crippen MR) is 108 cm³/mol. The van der Waals surface area contributed by atoms with Crippen LogP contribution in [-0.4, -0.2) is 24.7 Å². The van der Waals surface area contributed by atoms with E-state index in [9.17, 15) is 13.2 Å². The number of hydrogen-bond acceptors (Lipinski definition) is 3. The summed E-state index contributed by atoms with van der Waals surface area (Å²) in [7, 11) is -3.48. The lowest BCUT2D eigenvalue weighted by molar-refractivity contribution is -0.137. The molecule has 0 radical (unpaired) electrons. The Morgan fingerprint density at radius 3 is 2.41 bits per heavy atom. The monoisotopic (exact) mass is 392 g/mol. The Hall–Kier alpha value is -1.62. The number of carboxylic acids is 1. The van der Waals surface area contributed by atoms with Gasteiger partial charge in [-0.2, -0.15) is 0 Å². The summed E-state index contributed by atoms with van der Waals surface area (Å²) in [4.78, 5) is 11.1. The highest BCUT2D eigenvalue weighted by atomic mass is 32.2. The van der Waals surface area contributed by atoms with Crippen molar-refractivity contribution < 1.29 is 18.3 Å². The van der Waals surface area contributed by atoms with Crippen molar-refractivity contribution in [2.75, 3.05) is 0 Å². The average molecular weight is 393 g/mol. The maximum absolute atomic E-state index is 13.5. The number of carbonyl (C=O) groups is 1. The van der Waals surface area contributed by atoms with Crippen LogP contribution in [0.25, 0.3) is 0 Å². The molecule has 0 aromatic heterocycles. The van der Waals surface area contributed by atoms with Crippen LogP contribution >= 0.6 is 0 Å². The van der Waals surface area contributed by atoms with E-state index in [0.29, 0.717) is 17.7 Å². The van der Waals surface area contributed by atoms with Gasteiger partial charge in [0.1, 0.15) is 0 Å². The number of sulfone groups is 1. The Bertz CT molecular complexity index is 776. The maximum atomic E-state index is 13.5. The van der Waals surface area contributed by atoms with Crippen molar-refractivity contribution in [3.8, 4) is 0 Å². The summed E-state index contributed by atoms with van der Waals surface area (Å²) < 4.78 is 27.0. The highest BCUT2D eigenvalue weighted by Gasteiger charge is 2.40. The number of carboxylic acid groups (broad SMARTS) is 1. The van der Waals surface area contributed by atoms with Crippen molar-refractivity contribution in [2.24, 2.45) is 5.41 Å². The normalized spacial score (nSPS) is 18.3. The third kappa shape index (κ3) is 5.44. The number of hydrogen-bond donors (Lipinski definition) is 1. The van der Waals surface area contributed by atoms with Crippen LogP contribution in [0.1, 0.15) is 72.1 Å². The molecule has 0 fully saturated rings. The van der Waals surface area contributed by atoms with Gasteiger partial charge in [-0.3, -0.25) is 4.79 Å². The minimum absolute atomic E-state index is 0.129. The van der Waals surface area contributed by atoms with Gasteiger partial charge in [0.2, 0.25) is 0 Å². The number of aliphatic carboxylic acids is 1. The summed E-state index contributed by atoms with van der Waals surface area (Å²) in [5.41, 5.74) is 2.16. The molecule has 1 unspecified atom stereocenters. The fourth-order valence-corrected chi connectivity index (χ4v) is 6.54. The molecule has 1 aromatic rings. The van der Waals surface area contributed by atoms with Gasteiger partial charge < -0.3 is 5.11 Å². The van der Waals surface area contributed by atoms with Crippen LogP contribution < -0.4 is 0 Å². The van der Waals surface area contributed by atoms with Crippen molar-refractivity contribution >= 4 is 15.8 Å². The quantitative estimate of drug-likeness (QED) is 0.452. The summed E-state index contributed by atoms with van der Waals surface area (Å²) in [6, 6.07) is 8.72. The molecule has 2 rings (SSSR count).